The van der Waals surface area contributed by atoms with Gasteiger partial charge in [-0.25, -0.2) is 9.59 Å². The number of likely N-dealkylation sites (tertiary alicyclic amines) is 2. The zero-order valence-corrected chi connectivity index (χ0v) is 23.0. The van der Waals surface area contributed by atoms with Crippen LogP contribution < -0.4 is 0 Å². The fourth-order valence-corrected chi connectivity index (χ4v) is 4.98. The average Bonchev–Trinajstić information content (AvgIpc) is 2.95. The summed E-state index contributed by atoms with van der Waals surface area (Å²) in [4.78, 5) is 49.1. The van der Waals surface area contributed by atoms with Gasteiger partial charge in [-0.05, 0) is 35.8 Å². The minimum atomic E-state index is -0.850. The standard InChI is InChI=1S/2C15H19NO4/c2*1-11-7-13(14(17)18)9-16(8-11)15(19)20-10-12-5-3-2-4-6-12/h2*2-6,11,13H,7-10H2,1H3,(H,17,18)/t11-,13+;11-,13-/m10/s1. The van der Waals surface area contributed by atoms with Crippen LogP contribution in [0.4, 0.5) is 9.59 Å². The van der Waals surface area contributed by atoms with Gasteiger partial charge in [0.25, 0.3) is 0 Å². The van der Waals surface area contributed by atoms with Crippen molar-refractivity contribution in [2.45, 2.75) is 39.9 Å². The van der Waals surface area contributed by atoms with E-state index in [1.165, 1.54) is 9.80 Å². The van der Waals surface area contributed by atoms with Crippen LogP contribution in [0.1, 0.15) is 37.8 Å². The molecule has 2 aliphatic heterocycles. The number of hydrogen-bond acceptors (Lipinski definition) is 6. The fraction of sp³-hybridized carbons (Fsp3) is 0.467. The molecule has 216 valence electrons. The van der Waals surface area contributed by atoms with Gasteiger partial charge in [-0.1, -0.05) is 74.5 Å². The number of ether oxygens (including phenoxy) is 2. The van der Waals surface area contributed by atoms with Crippen LogP contribution in [-0.2, 0) is 32.3 Å². The summed E-state index contributed by atoms with van der Waals surface area (Å²) < 4.78 is 10.5. The molecule has 2 N–H and O–H groups in total. The van der Waals surface area contributed by atoms with Crippen molar-refractivity contribution >= 4 is 24.1 Å². The topological polar surface area (TPSA) is 134 Å². The SMILES string of the molecule is C[C@@H]1C[C@H](C(=O)O)CN(C(=O)OCc2ccccc2)C1.C[C@H]1C[C@H](C(=O)O)CN(C(=O)OCc2ccccc2)C1. The summed E-state index contributed by atoms with van der Waals surface area (Å²) in [7, 11) is 0. The number of carboxylic acids is 2. The van der Waals surface area contributed by atoms with Crippen LogP contribution in [0, 0.1) is 23.7 Å². The summed E-state index contributed by atoms with van der Waals surface area (Å²) in [5.74, 6) is -2.34. The summed E-state index contributed by atoms with van der Waals surface area (Å²) in [6, 6.07) is 18.8. The van der Waals surface area contributed by atoms with Crippen molar-refractivity contribution in [2.75, 3.05) is 26.2 Å². The molecular formula is C30H38N2O8. The fourth-order valence-electron chi connectivity index (χ4n) is 4.98. The summed E-state index contributed by atoms with van der Waals surface area (Å²) >= 11 is 0. The van der Waals surface area contributed by atoms with Crippen LogP contribution in [0.15, 0.2) is 60.7 Å². The van der Waals surface area contributed by atoms with Crippen molar-refractivity contribution in [2.24, 2.45) is 23.7 Å². The monoisotopic (exact) mass is 554 g/mol. The second-order valence-corrected chi connectivity index (χ2v) is 10.6. The first-order chi connectivity index (χ1) is 19.1. The Labute approximate surface area is 234 Å². The van der Waals surface area contributed by atoms with Crippen LogP contribution in [0.2, 0.25) is 0 Å². The van der Waals surface area contributed by atoms with E-state index >= 15 is 0 Å². The zero-order valence-electron chi connectivity index (χ0n) is 23.0. The van der Waals surface area contributed by atoms with E-state index in [-0.39, 0.29) is 38.1 Å². The van der Waals surface area contributed by atoms with Crippen molar-refractivity contribution < 1.29 is 38.9 Å². The number of amides is 2. The lowest BCUT2D eigenvalue weighted by Crippen LogP contribution is -2.45. The third-order valence-electron chi connectivity index (χ3n) is 6.94. The molecule has 2 fully saturated rings. The van der Waals surface area contributed by atoms with E-state index in [0.29, 0.717) is 25.9 Å². The van der Waals surface area contributed by atoms with Crippen LogP contribution in [0.5, 0.6) is 0 Å². The Morgan fingerprint density at radius 2 is 1.00 bits per heavy atom. The Kier molecular flexibility index (Phi) is 11.4. The molecule has 4 rings (SSSR count). The third-order valence-corrected chi connectivity index (χ3v) is 6.94. The van der Waals surface area contributed by atoms with Crippen LogP contribution in [0.3, 0.4) is 0 Å². The Balaban J connectivity index is 0.000000220. The van der Waals surface area contributed by atoms with E-state index in [1.807, 2.05) is 74.5 Å². The largest absolute Gasteiger partial charge is 0.481 e. The molecule has 0 saturated carbocycles. The Morgan fingerprint density at radius 3 is 1.32 bits per heavy atom. The number of carboxylic acid groups (broad SMARTS) is 2. The molecule has 0 spiro atoms. The molecule has 0 radical (unpaired) electrons. The number of piperidine rings is 2. The molecule has 2 aliphatic rings. The molecule has 0 bridgehead atoms. The number of benzene rings is 2. The van der Waals surface area contributed by atoms with Gasteiger partial charge < -0.3 is 29.5 Å². The van der Waals surface area contributed by atoms with Crippen LogP contribution in [0.25, 0.3) is 0 Å². The van der Waals surface area contributed by atoms with E-state index in [9.17, 15) is 19.2 Å². The highest BCUT2D eigenvalue weighted by Crippen LogP contribution is 2.23. The normalized spacial score (nSPS) is 22.4. The molecule has 4 atom stereocenters. The van der Waals surface area contributed by atoms with Gasteiger partial charge in [-0.3, -0.25) is 9.59 Å². The first-order valence-corrected chi connectivity index (χ1v) is 13.5. The molecule has 2 aromatic carbocycles. The minimum absolute atomic E-state index is 0.175. The predicted octanol–water partition coefficient (Wildman–Crippen LogP) is 4.73. The second-order valence-electron chi connectivity index (χ2n) is 10.6. The molecule has 2 amide bonds. The summed E-state index contributed by atoms with van der Waals surface area (Å²) in [5, 5.41) is 18.2. The Morgan fingerprint density at radius 1 is 0.650 bits per heavy atom. The van der Waals surface area contributed by atoms with Gasteiger partial charge in [0.05, 0.1) is 11.8 Å². The molecule has 2 heterocycles. The number of carbonyl (C=O) groups excluding carboxylic acids is 2. The average molecular weight is 555 g/mol. The van der Waals surface area contributed by atoms with Crippen molar-refractivity contribution in [3.05, 3.63) is 71.8 Å². The lowest BCUT2D eigenvalue weighted by molar-refractivity contribution is -0.145. The summed E-state index contributed by atoms with van der Waals surface area (Å²) in [5.41, 5.74) is 1.83. The summed E-state index contributed by atoms with van der Waals surface area (Å²) in [6.07, 6.45) is 0.341. The molecule has 2 aromatic rings. The molecule has 10 heteroatoms. The van der Waals surface area contributed by atoms with Gasteiger partial charge in [0.1, 0.15) is 13.2 Å². The quantitative estimate of drug-likeness (QED) is 0.523. The number of nitrogens with zero attached hydrogens (tertiary/aromatic N) is 2. The van der Waals surface area contributed by atoms with Gasteiger partial charge in [-0.2, -0.15) is 0 Å². The highest BCUT2D eigenvalue weighted by Gasteiger charge is 2.33. The number of aliphatic carboxylic acids is 2. The van der Waals surface area contributed by atoms with Crippen molar-refractivity contribution in [1.29, 1.82) is 0 Å². The predicted molar refractivity (Wildman–Crippen MR) is 146 cm³/mol. The molecule has 2 saturated heterocycles. The Hall–Kier alpha value is -4.08. The number of rotatable bonds is 6. The van der Waals surface area contributed by atoms with Gasteiger partial charge in [0, 0.05) is 26.2 Å². The number of carbonyl (C=O) groups is 4. The van der Waals surface area contributed by atoms with E-state index < -0.39 is 36.0 Å². The van der Waals surface area contributed by atoms with E-state index in [2.05, 4.69) is 0 Å². The second kappa shape index (κ2) is 14.9. The maximum atomic E-state index is 12.0. The van der Waals surface area contributed by atoms with E-state index in [4.69, 9.17) is 19.7 Å². The lowest BCUT2D eigenvalue weighted by atomic mass is 9.91. The maximum Gasteiger partial charge on any atom is 0.410 e. The first kappa shape index (κ1) is 30.5. The van der Waals surface area contributed by atoms with Gasteiger partial charge in [-0.15, -0.1) is 0 Å². The van der Waals surface area contributed by atoms with E-state index in [1.54, 1.807) is 0 Å². The van der Waals surface area contributed by atoms with Crippen molar-refractivity contribution in [3.8, 4) is 0 Å². The Bertz CT molecular complexity index is 1040. The molecule has 40 heavy (non-hydrogen) atoms. The minimum Gasteiger partial charge on any atom is -0.481 e. The lowest BCUT2D eigenvalue weighted by Gasteiger charge is -2.33. The first-order valence-electron chi connectivity index (χ1n) is 13.5. The maximum absolute atomic E-state index is 12.0. The molecular weight excluding hydrogens is 516 g/mol. The molecule has 0 aliphatic carbocycles. The summed E-state index contributed by atoms with van der Waals surface area (Å²) in [6.45, 7) is 5.89. The molecule has 0 unspecified atom stereocenters. The molecule has 0 aromatic heterocycles. The number of hydrogen-bond donors (Lipinski definition) is 2. The van der Waals surface area contributed by atoms with E-state index in [0.717, 1.165) is 11.1 Å². The third kappa shape index (κ3) is 9.59. The zero-order chi connectivity index (χ0) is 29.1. The smallest absolute Gasteiger partial charge is 0.410 e. The highest BCUT2D eigenvalue weighted by atomic mass is 16.6. The van der Waals surface area contributed by atoms with Gasteiger partial charge >= 0.3 is 24.1 Å². The van der Waals surface area contributed by atoms with Crippen molar-refractivity contribution in [3.63, 3.8) is 0 Å². The van der Waals surface area contributed by atoms with Crippen LogP contribution in [-0.4, -0.2) is 70.3 Å². The highest BCUT2D eigenvalue weighted by molar-refractivity contribution is 5.74. The van der Waals surface area contributed by atoms with Gasteiger partial charge in [0.2, 0.25) is 0 Å². The van der Waals surface area contributed by atoms with Gasteiger partial charge in [0.15, 0.2) is 0 Å². The molecule has 10 nitrogen and oxygen atoms in total. The van der Waals surface area contributed by atoms with Crippen LogP contribution >= 0.6 is 0 Å². The van der Waals surface area contributed by atoms with Crippen molar-refractivity contribution in [1.82, 2.24) is 9.80 Å².